The number of nitrogens with two attached hydrogens (primary N) is 2. The summed E-state index contributed by atoms with van der Waals surface area (Å²) in [5, 5.41) is 2.41. The standard InChI is InChI=1S/C24H30N6O4S2/c1-36(33,34)29-9-6-15(7-10-29)19-13-18-20(5-4-17(22(25)31)21(18)27-19)28-8-2-3-16(14-28)30-11-12-35-24(30)23(26)32/h4-6,11-13,16,24,27H,2-3,7-10,14H2,1H3,(H2,25,31)(H2,26,32)/t16?,24-/m1/s1. The largest absolute Gasteiger partial charge is 0.369 e. The summed E-state index contributed by atoms with van der Waals surface area (Å²) in [6.45, 7) is 2.28. The van der Waals surface area contributed by atoms with Gasteiger partial charge in [-0.05, 0) is 48.4 Å². The number of aromatic amines is 1. The van der Waals surface area contributed by atoms with Gasteiger partial charge in [-0.25, -0.2) is 8.42 Å². The number of nitrogens with zero attached hydrogens (tertiary/aromatic N) is 3. The highest BCUT2D eigenvalue weighted by molar-refractivity contribution is 8.03. The van der Waals surface area contributed by atoms with Crippen LogP contribution in [0.3, 0.4) is 0 Å². The van der Waals surface area contributed by atoms with E-state index in [0.29, 0.717) is 37.1 Å². The van der Waals surface area contributed by atoms with Crippen LogP contribution < -0.4 is 16.4 Å². The van der Waals surface area contributed by atoms with E-state index in [4.69, 9.17) is 11.5 Å². The number of rotatable bonds is 6. The van der Waals surface area contributed by atoms with Gasteiger partial charge in [0.2, 0.25) is 10.0 Å². The summed E-state index contributed by atoms with van der Waals surface area (Å²) in [5.74, 6) is -0.860. The Kier molecular flexibility index (Phi) is 6.52. The molecule has 3 aliphatic heterocycles. The third kappa shape index (κ3) is 4.60. The molecule has 5 N–H and O–H groups in total. The predicted octanol–water partition coefficient (Wildman–Crippen LogP) is 1.62. The van der Waals surface area contributed by atoms with E-state index in [0.717, 1.165) is 41.7 Å². The van der Waals surface area contributed by atoms with E-state index in [1.54, 1.807) is 6.07 Å². The highest BCUT2D eigenvalue weighted by Gasteiger charge is 2.34. The zero-order valence-electron chi connectivity index (χ0n) is 20.0. The summed E-state index contributed by atoms with van der Waals surface area (Å²) < 4.78 is 25.2. The molecule has 36 heavy (non-hydrogen) atoms. The van der Waals surface area contributed by atoms with E-state index in [9.17, 15) is 18.0 Å². The summed E-state index contributed by atoms with van der Waals surface area (Å²) >= 11 is 1.43. The number of thioether (sulfide) groups is 1. The normalized spacial score (nSPS) is 23.3. The number of nitrogens with one attached hydrogen (secondary N) is 1. The molecule has 0 spiro atoms. The summed E-state index contributed by atoms with van der Waals surface area (Å²) in [4.78, 5) is 31.9. The molecule has 5 rings (SSSR count). The number of carbonyl (C=O) groups excluding carboxylic acids is 2. The van der Waals surface area contributed by atoms with Crippen molar-refractivity contribution in [2.24, 2.45) is 11.5 Å². The molecule has 0 bridgehead atoms. The van der Waals surface area contributed by atoms with E-state index >= 15 is 0 Å². The number of hydrogen-bond donors (Lipinski definition) is 3. The lowest BCUT2D eigenvalue weighted by Crippen LogP contribution is -2.50. The van der Waals surface area contributed by atoms with Crippen molar-refractivity contribution < 1.29 is 18.0 Å². The number of hydrogen-bond acceptors (Lipinski definition) is 7. The Hall–Kier alpha value is -2.96. The van der Waals surface area contributed by atoms with Gasteiger partial charge < -0.3 is 26.3 Å². The molecule has 1 aromatic carbocycles. The second kappa shape index (κ2) is 9.49. The fraction of sp³-hybridized carbons (Fsp3) is 0.417. The maximum atomic E-state index is 12.2. The number of carbonyl (C=O) groups is 2. The smallest absolute Gasteiger partial charge is 0.250 e. The first-order valence-electron chi connectivity index (χ1n) is 11.9. The van der Waals surface area contributed by atoms with Crippen LogP contribution >= 0.6 is 11.8 Å². The third-order valence-electron chi connectivity index (χ3n) is 7.14. The second-order valence-electron chi connectivity index (χ2n) is 9.43. The van der Waals surface area contributed by atoms with Crippen LogP contribution in [-0.4, -0.2) is 78.3 Å². The van der Waals surface area contributed by atoms with Gasteiger partial charge in [-0.3, -0.25) is 9.59 Å². The average molecular weight is 531 g/mol. The number of H-pyrrole nitrogens is 1. The molecule has 2 aromatic rings. The summed E-state index contributed by atoms with van der Waals surface area (Å²) in [6.07, 6.45) is 7.55. The predicted molar refractivity (Wildman–Crippen MR) is 143 cm³/mol. The fourth-order valence-corrected chi connectivity index (χ4v) is 6.97. The van der Waals surface area contributed by atoms with Gasteiger partial charge in [-0.1, -0.05) is 17.8 Å². The van der Waals surface area contributed by atoms with Gasteiger partial charge in [0, 0.05) is 55.2 Å². The SMILES string of the molecule is CS(=O)(=O)N1CC=C(c2cc3c(N4CCCC(N5C=CS[C@@H]5C(N)=O)C4)ccc(C(N)=O)c3[nH]2)CC1. The lowest BCUT2D eigenvalue weighted by Gasteiger charge is -2.40. The summed E-state index contributed by atoms with van der Waals surface area (Å²) in [5.41, 5.74) is 15.3. The number of piperidine rings is 1. The average Bonchev–Trinajstić information content (AvgIpc) is 3.51. The van der Waals surface area contributed by atoms with Gasteiger partial charge in [0.1, 0.15) is 0 Å². The van der Waals surface area contributed by atoms with Crippen LogP contribution in [0, 0.1) is 0 Å². The molecule has 10 nitrogen and oxygen atoms in total. The van der Waals surface area contributed by atoms with Crippen LogP contribution in [0.15, 0.2) is 35.9 Å². The summed E-state index contributed by atoms with van der Waals surface area (Å²) in [7, 11) is -3.25. The molecular formula is C24H30N6O4S2. The van der Waals surface area contributed by atoms with Gasteiger partial charge in [-0.15, -0.1) is 0 Å². The minimum atomic E-state index is -3.25. The van der Waals surface area contributed by atoms with Gasteiger partial charge >= 0.3 is 0 Å². The van der Waals surface area contributed by atoms with E-state index in [2.05, 4.69) is 14.8 Å². The van der Waals surface area contributed by atoms with Crippen LogP contribution in [-0.2, 0) is 14.8 Å². The third-order valence-corrected chi connectivity index (χ3v) is 9.42. The van der Waals surface area contributed by atoms with Crippen LogP contribution in [0.5, 0.6) is 0 Å². The van der Waals surface area contributed by atoms with Crippen LogP contribution in [0.2, 0.25) is 0 Å². The number of fused-ring (bicyclic) bond motifs is 1. The Bertz CT molecular complexity index is 1380. The molecule has 4 heterocycles. The zero-order chi connectivity index (χ0) is 25.6. The Morgan fingerprint density at radius 2 is 2.00 bits per heavy atom. The van der Waals surface area contributed by atoms with Crippen molar-refractivity contribution in [3.05, 3.63) is 47.1 Å². The van der Waals surface area contributed by atoms with Crippen LogP contribution in [0.1, 0.15) is 35.3 Å². The highest BCUT2D eigenvalue weighted by Crippen LogP contribution is 2.37. The van der Waals surface area contributed by atoms with E-state index in [1.165, 1.54) is 22.3 Å². The van der Waals surface area contributed by atoms with E-state index in [1.807, 2.05) is 29.8 Å². The topological polar surface area (TPSA) is 146 Å². The molecule has 1 fully saturated rings. The first kappa shape index (κ1) is 24.7. The molecule has 1 saturated heterocycles. The van der Waals surface area contributed by atoms with Crippen LogP contribution in [0.25, 0.3) is 16.5 Å². The molecular weight excluding hydrogens is 500 g/mol. The first-order valence-corrected chi connectivity index (χ1v) is 14.7. The van der Waals surface area contributed by atoms with Gasteiger partial charge in [0.15, 0.2) is 5.37 Å². The molecule has 2 atom stereocenters. The quantitative estimate of drug-likeness (QED) is 0.514. The first-order chi connectivity index (χ1) is 17.1. The van der Waals surface area contributed by atoms with Crippen molar-refractivity contribution in [2.75, 3.05) is 37.3 Å². The minimum Gasteiger partial charge on any atom is -0.369 e. The van der Waals surface area contributed by atoms with Crippen molar-refractivity contribution in [1.82, 2.24) is 14.2 Å². The molecule has 0 saturated carbocycles. The summed E-state index contributed by atoms with van der Waals surface area (Å²) in [6, 6.07) is 5.85. The molecule has 12 heteroatoms. The number of anilines is 1. The molecule has 192 valence electrons. The molecule has 0 aliphatic carbocycles. The lowest BCUT2D eigenvalue weighted by atomic mass is 10.0. The van der Waals surface area contributed by atoms with Gasteiger partial charge in [-0.2, -0.15) is 4.31 Å². The molecule has 1 aromatic heterocycles. The highest BCUT2D eigenvalue weighted by atomic mass is 32.2. The Balaban J connectivity index is 1.48. The monoisotopic (exact) mass is 530 g/mol. The van der Waals surface area contributed by atoms with Gasteiger partial charge in [0.25, 0.3) is 11.8 Å². The number of benzene rings is 1. The van der Waals surface area contributed by atoms with Crippen molar-refractivity contribution in [2.45, 2.75) is 30.7 Å². The Morgan fingerprint density at radius 1 is 1.19 bits per heavy atom. The van der Waals surface area contributed by atoms with E-state index in [-0.39, 0.29) is 11.9 Å². The zero-order valence-corrected chi connectivity index (χ0v) is 21.6. The Morgan fingerprint density at radius 3 is 2.67 bits per heavy atom. The maximum absolute atomic E-state index is 12.2. The molecule has 1 unspecified atom stereocenters. The van der Waals surface area contributed by atoms with Crippen LogP contribution in [0.4, 0.5) is 5.69 Å². The van der Waals surface area contributed by atoms with Crippen molar-refractivity contribution in [1.29, 1.82) is 0 Å². The Labute approximate surface area is 214 Å². The molecule has 3 aliphatic rings. The van der Waals surface area contributed by atoms with E-state index < -0.39 is 21.3 Å². The maximum Gasteiger partial charge on any atom is 0.250 e. The fourth-order valence-electron chi connectivity index (χ4n) is 5.33. The van der Waals surface area contributed by atoms with Crippen molar-refractivity contribution >= 4 is 55.8 Å². The van der Waals surface area contributed by atoms with Crippen molar-refractivity contribution in [3.8, 4) is 0 Å². The molecule has 2 amide bonds. The number of amides is 2. The number of primary amides is 2. The number of sulfonamides is 1. The van der Waals surface area contributed by atoms with Gasteiger partial charge in [0.05, 0.1) is 17.3 Å². The lowest BCUT2D eigenvalue weighted by molar-refractivity contribution is -0.120. The second-order valence-corrected chi connectivity index (χ2v) is 12.4. The minimum absolute atomic E-state index is 0.134. The molecule has 0 radical (unpaired) electrons. The van der Waals surface area contributed by atoms with Crippen molar-refractivity contribution in [3.63, 3.8) is 0 Å². The number of aromatic nitrogens is 1.